The van der Waals surface area contributed by atoms with Gasteiger partial charge in [0.05, 0.1) is 21.2 Å². The number of likely N-dealkylation sites (N-methyl/N-ethyl adjacent to an activating group) is 1. The van der Waals surface area contributed by atoms with Crippen LogP contribution in [0.1, 0.15) is 49.7 Å². The second-order valence-corrected chi connectivity index (χ2v) is 11.8. The molecule has 1 atom stereocenters. The van der Waals surface area contributed by atoms with E-state index in [1.54, 1.807) is 7.11 Å². The van der Waals surface area contributed by atoms with Crippen molar-refractivity contribution in [2.24, 2.45) is 17.8 Å². The van der Waals surface area contributed by atoms with Crippen LogP contribution in [0.25, 0.3) is 0 Å². The molecule has 0 aromatic heterocycles. The monoisotopic (exact) mass is 485 g/mol. The molecule has 4 saturated carbocycles. The third-order valence-electron chi connectivity index (χ3n) is 8.42. The molecule has 4 aliphatic carbocycles. The molecule has 1 unspecified atom stereocenters. The van der Waals surface area contributed by atoms with Gasteiger partial charge in [-0.1, -0.05) is 12.1 Å². The zero-order valence-electron chi connectivity index (χ0n) is 20.9. The summed E-state index contributed by atoms with van der Waals surface area (Å²) < 4.78 is 11.9. The van der Waals surface area contributed by atoms with Gasteiger partial charge in [-0.05, 0) is 104 Å². The van der Waals surface area contributed by atoms with Gasteiger partial charge in [0.1, 0.15) is 37.3 Å². The lowest BCUT2D eigenvalue weighted by Gasteiger charge is -2.57. The highest BCUT2D eigenvalue weighted by Gasteiger charge is 2.51. The van der Waals surface area contributed by atoms with Crippen LogP contribution in [0.2, 0.25) is 0 Å². The Labute approximate surface area is 211 Å². The predicted octanol–water partition coefficient (Wildman–Crippen LogP) is 2.18. The van der Waals surface area contributed by atoms with E-state index in [2.05, 4.69) is 50.5 Å². The molecule has 4 fully saturated rings. The van der Waals surface area contributed by atoms with Crippen LogP contribution in [-0.2, 0) is 12.0 Å². The summed E-state index contributed by atoms with van der Waals surface area (Å²) >= 11 is 0. The van der Waals surface area contributed by atoms with Gasteiger partial charge in [0.15, 0.2) is 0 Å². The molecule has 186 valence electrons. The quantitative estimate of drug-likeness (QED) is 0.553. The van der Waals surface area contributed by atoms with Crippen molar-refractivity contribution in [3.05, 3.63) is 59.7 Å². The van der Waals surface area contributed by atoms with Crippen molar-refractivity contribution >= 4 is 0 Å². The van der Waals surface area contributed by atoms with E-state index < -0.39 is 6.10 Å². The average molecular weight is 486 g/mol. The maximum Gasteiger partial charge on any atom is 0.137 e. The summed E-state index contributed by atoms with van der Waals surface area (Å²) in [4.78, 5) is 0. The lowest BCUT2D eigenvalue weighted by Crippen LogP contribution is -3.00. The van der Waals surface area contributed by atoms with Crippen molar-refractivity contribution in [3.8, 4) is 11.5 Å². The first-order chi connectivity index (χ1) is 15.8. The highest BCUT2D eigenvalue weighted by molar-refractivity contribution is 5.34. The molecule has 34 heavy (non-hydrogen) atoms. The fourth-order valence-electron chi connectivity index (χ4n) is 7.47. The standard InChI is InChI=1S/C29H40NO3.ClH/c1-30(2,18-21-4-8-27(32-3)9-5-21)19-26(31)20-33-28-10-6-25(7-11-28)29-15-22-12-23(16-29)14-24(13-22)17-29;/h4-11,22-24,26,31H,12-20H2,1-3H3;1H/q+1;/p-1. The fourth-order valence-corrected chi connectivity index (χ4v) is 7.47. The molecule has 0 amide bonds. The Bertz CT molecular complexity index is 906. The van der Waals surface area contributed by atoms with Gasteiger partial charge in [0.25, 0.3) is 0 Å². The molecule has 0 saturated heterocycles. The third-order valence-corrected chi connectivity index (χ3v) is 8.42. The molecule has 0 heterocycles. The summed E-state index contributed by atoms with van der Waals surface area (Å²) in [5.74, 6) is 4.61. The Kier molecular flexibility index (Phi) is 7.52. The van der Waals surface area contributed by atoms with Gasteiger partial charge in [0, 0.05) is 5.56 Å². The second-order valence-electron chi connectivity index (χ2n) is 11.8. The summed E-state index contributed by atoms with van der Waals surface area (Å²) in [6.07, 6.45) is 8.08. The van der Waals surface area contributed by atoms with Crippen molar-refractivity contribution < 1.29 is 31.5 Å². The van der Waals surface area contributed by atoms with Gasteiger partial charge in [-0.25, -0.2) is 0 Å². The first-order valence-electron chi connectivity index (χ1n) is 12.7. The molecule has 4 bridgehead atoms. The molecule has 4 aliphatic rings. The molecule has 1 N–H and O–H groups in total. The summed E-state index contributed by atoms with van der Waals surface area (Å²) in [5.41, 5.74) is 3.18. The molecule has 4 nitrogen and oxygen atoms in total. The van der Waals surface area contributed by atoms with E-state index in [0.717, 1.165) is 35.8 Å². The Morgan fingerprint density at radius 1 is 0.882 bits per heavy atom. The van der Waals surface area contributed by atoms with Crippen LogP contribution >= 0.6 is 0 Å². The molecule has 0 aliphatic heterocycles. The molecule has 2 aromatic carbocycles. The highest BCUT2D eigenvalue weighted by Crippen LogP contribution is 2.60. The van der Waals surface area contributed by atoms with Gasteiger partial charge in [0.2, 0.25) is 0 Å². The number of hydrogen-bond acceptors (Lipinski definition) is 3. The van der Waals surface area contributed by atoms with E-state index in [1.165, 1.54) is 49.7 Å². The van der Waals surface area contributed by atoms with Crippen LogP contribution in [0.3, 0.4) is 0 Å². The number of nitrogens with zero attached hydrogens (tertiary/aromatic N) is 1. The van der Waals surface area contributed by atoms with Crippen molar-refractivity contribution in [2.75, 3.05) is 34.4 Å². The third kappa shape index (κ3) is 5.56. The number of quaternary nitrogens is 1. The number of aliphatic hydroxyl groups is 1. The van der Waals surface area contributed by atoms with E-state index in [1.807, 2.05) is 12.1 Å². The van der Waals surface area contributed by atoms with Crippen LogP contribution in [0, 0.1) is 17.8 Å². The first kappa shape index (κ1) is 25.3. The minimum atomic E-state index is -0.513. The Morgan fingerprint density at radius 2 is 1.41 bits per heavy atom. The fraction of sp³-hybridized carbons (Fsp3) is 0.586. The Hall–Kier alpha value is -1.75. The van der Waals surface area contributed by atoms with E-state index >= 15 is 0 Å². The lowest BCUT2D eigenvalue weighted by atomic mass is 9.48. The van der Waals surface area contributed by atoms with Crippen LogP contribution in [-0.4, -0.2) is 50.1 Å². The number of hydrogen-bond donors (Lipinski definition) is 1. The lowest BCUT2D eigenvalue weighted by molar-refractivity contribution is -0.906. The maximum atomic E-state index is 10.7. The second kappa shape index (κ2) is 10.1. The molecule has 0 spiro atoms. The normalized spacial score (nSPS) is 28.3. The van der Waals surface area contributed by atoms with Crippen molar-refractivity contribution in [2.45, 2.75) is 56.6 Å². The first-order valence-corrected chi connectivity index (χ1v) is 12.7. The van der Waals surface area contributed by atoms with E-state index in [4.69, 9.17) is 9.47 Å². The largest absolute Gasteiger partial charge is 1.00 e. The van der Waals surface area contributed by atoms with Crippen molar-refractivity contribution in [3.63, 3.8) is 0 Å². The molecular weight excluding hydrogens is 446 g/mol. The van der Waals surface area contributed by atoms with E-state index in [0.29, 0.717) is 23.0 Å². The average Bonchev–Trinajstić information content (AvgIpc) is 2.77. The van der Waals surface area contributed by atoms with Crippen LogP contribution in [0.5, 0.6) is 11.5 Å². The molecule has 6 rings (SSSR count). The van der Waals surface area contributed by atoms with Gasteiger partial charge in [-0.2, -0.15) is 0 Å². The zero-order chi connectivity index (χ0) is 23.1. The number of methoxy groups -OCH3 is 1. The molecular formula is C29H40ClNO3. The van der Waals surface area contributed by atoms with E-state index in [-0.39, 0.29) is 12.4 Å². The summed E-state index contributed by atoms with van der Waals surface area (Å²) in [6, 6.07) is 17.0. The van der Waals surface area contributed by atoms with Gasteiger partial charge >= 0.3 is 0 Å². The molecule has 5 heteroatoms. The number of benzene rings is 2. The number of aliphatic hydroxyl groups excluding tert-OH is 1. The number of halogens is 1. The number of rotatable bonds is 9. The van der Waals surface area contributed by atoms with Crippen LogP contribution < -0.4 is 21.9 Å². The van der Waals surface area contributed by atoms with Crippen LogP contribution in [0.15, 0.2) is 48.5 Å². The smallest absolute Gasteiger partial charge is 0.137 e. The summed E-state index contributed by atoms with van der Waals surface area (Å²) in [5, 5.41) is 10.7. The SMILES string of the molecule is COc1ccc(C[N+](C)(C)CC(O)COc2ccc(C34CC5CC(CC(C5)C3)C4)cc2)cc1.[Cl-]. The minimum absolute atomic E-state index is 0. The number of ether oxygens (including phenoxy) is 2. The Morgan fingerprint density at radius 3 is 1.94 bits per heavy atom. The van der Waals surface area contributed by atoms with Gasteiger partial charge in [-0.3, -0.25) is 0 Å². The summed E-state index contributed by atoms with van der Waals surface area (Å²) in [6.45, 7) is 1.80. The van der Waals surface area contributed by atoms with Gasteiger partial charge in [-0.15, -0.1) is 0 Å². The predicted molar refractivity (Wildman–Crippen MR) is 131 cm³/mol. The van der Waals surface area contributed by atoms with E-state index in [9.17, 15) is 5.11 Å². The van der Waals surface area contributed by atoms with Crippen molar-refractivity contribution in [1.29, 1.82) is 0 Å². The maximum absolute atomic E-state index is 10.7. The topological polar surface area (TPSA) is 38.7 Å². The summed E-state index contributed by atoms with van der Waals surface area (Å²) in [7, 11) is 5.98. The minimum Gasteiger partial charge on any atom is -1.00 e. The Balaban J connectivity index is 0.00000274. The van der Waals surface area contributed by atoms with Crippen LogP contribution in [0.4, 0.5) is 0 Å². The highest BCUT2D eigenvalue weighted by atomic mass is 35.5. The molecule has 2 aromatic rings. The zero-order valence-corrected chi connectivity index (χ0v) is 21.6. The molecule has 0 radical (unpaired) electrons. The van der Waals surface area contributed by atoms with Gasteiger partial charge < -0.3 is 31.5 Å². The van der Waals surface area contributed by atoms with Crippen molar-refractivity contribution in [1.82, 2.24) is 0 Å².